The number of unbranched alkanes of at least 4 members (excludes halogenated alkanes) is 2. The molecule has 0 aliphatic rings. The van der Waals surface area contributed by atoms with E-state index in [-0.39, 0.29) is 10.2 Å². The van der Waals surface area contributed by atoms with Crippen LogP contribution in [-0.4, -0.2) is 55.7 Å². The van der Waals surface area contributed by atoms with Crippen molar-refractivity contribution >= 4 is 51.8 Å². The lowest BCUT2D eigenvalue weighted by atomic mass is 10.2. The lowest BCUT2D eigenvalue weighted by Crippen LogP contribution is -2.05. The Balaban J connectivity index is 1.44. The second kappa shape index (κ2) is 21.3. The molecule has 9 nitrogen and oxygen atoms in total. The van der Waals surface area contributed by atoms with Crippen LogP contribution < -0.4 is 14.2 Å². The van der Waals surface area contributed by atoms with Crippen molar-refractivity contribution in [1.29, 1.82) is 0 Å². The Labute approximate surface area is 295 Å². The molecule has 0 unspecified atom stereocenters. The molecule has 0 radical (unpaired) electrons. The molecule has 0 aromatic heterocycles. The van der Waals surface area contributed by atoms with E-state index in [1.54, 1.807) is 49.6 Å². The summed E-state index contributed by atoms with van der Waals surface area (Å²) < 4.78 is 26.9. The number of hydrogen-bond acceptors (Lipinski definition) is 11. The zero-order valence-corrected chi connectivity index (χ0v) is 29.3. The minimum atomic E-state index is -0.443. The molecule has 0 N–H and O–H groups in total. The first-order valence-corrected chi connectivity index (χ1v) is 17.2. The smallest absolute Gasteiger partial charge is 0.330 e. The third-order valence-electron chi connectivity index (χ3n) is 6.68. The molecule has 0 heterocycles. The molecule has 0 saturated heterocycles. The van der Waals surface area contributed by atoms with Crippen molar-refractivity contribution in [2.24, 2.45) is 0 Å². The van der Waals surface area contributed by atoms with Crippen LogP contribution in [0.1, 0.15) is 47.2 Å². The molecule has 0 atom stereocenters. The molecule has 0 aliphatic carbocycles. The van der Waals surface area contributed by atoms with Crippen LogP contribution in [0.15, 0.2) is 102 Å². The van der Waals surface area contributed by atoms with Gasteiger partial charge in [-0.05, 0) is 128 Å². The number of hydrogen-bond donors (Lipinski definition) is 0. The first-order valence-electron chi connectivity index (χ1n) is 15.6. The zero-order valence-electron chi connectivity index (χ0n) is 27.6. The average molecular weight is 705 g/mol. The second-order valence-corrected chi connectivity index (χ2v) is 12.5. The number of rotatable bonds is 20. The topological polar surface area (TPSA) is 114 Å². The Hall–Kier alpha value is -4.74. The van der Waals surface area contributed by atoms with Crippen molar-refractivity contribution in [1.82, 2.24) is 0 Å². The van der Waals surface area contributed by atoms with Crippen molar-refractivity contribution in [2.45, 2.75) is 42.4 Å². The van der Waals surface area contributed by atoms with Crippen LogP contribution in [0.5, 0.6) is 17.2 Å². The van der Waals surface area contributed by atoms with Crippen LogP contribution in [-0.2, 0) is 23.9 Å². The predicted molar refractivity (Wildman–Crippen MR) is 192 cm³/mol. The fourth-order valence-electron chi connectivity index (χ4n) is 4.11. The molecular weight excluding hydrogens is 665 g/mol. The lowest BCUT2D eigenvalue weighted by Gasteiger charge is -2.11. The van der Waals surface area contributed by atoms with Gasteiger partial charge in [0.2, 0.25) is 10.2 Å². The van der Waals surface area contributed by atoms with E-state index >= 15 is 0 Å². The molecule has 0 aliphatic heterocycles. The molecule has 3 rings (SSSR count). The Bertz CT molecular complexity index is 1630. The van der Waals surface area contributed by atoms with E-state index in [2.05, 4.69) is 13.2 Å². The second-order valence-electron chi connectivity index (χ2n) is 10.4. The Kier molecular flexibility index (Phi) is 16.8. The standard InChI is InChI=1S/C38H40O9S2/c1-5-35(39)46-23-9-7-21-44-30-15-13-29(14-16-30)38(42)48-31-17-19-34(27(3)25-31)49-37(41)20-12-28-11-18-32(33(26-28)43-4)45-22-8-10-24-47-36(40)6-2/h5-6,11-20,25-26H,1-2,7-10,21-24H2,3-4H3. The molecule has 0 saturated carbocycles. The number of carbonyl (C=O) groups is 4. The number of ether oxygens (including phenoxy) is 5. The number of carbonyl (C=O) groups excluding carboxylic acids is 4. The first kappa shape index (κ1) is 38.7. The quantitative estimate of drug-likeness (QED) is 0.0493. The maximum atomic E-state index is 12.9. The van der Waals surface area contributed by atoms with Gasteiger partial charge < -0.3 is 23.7 Å². The molecule has 258 valence electrons. The summed E-state index contributed by atoms with van der Waals surface area (Å²) >= 11 is 2.23. The van der Waals surface area contributed by atoms with Crippen molar-refractivity contribution in [3.05, 3.63) is 109 Å². The summed E-state index contributed by atoms with van der Waals surface area (Å²) in [5, 5.41) is -0.248. The monoisotopic (exact) mass is 704 g/mol. The largest absolute Gasteiger partial charge is 0.494 e. The van der Waals surface area contributed by atoms with Crippen LogP contribution in [0, 0.1) is 6.92 Å². The highest BCUT2D eigenvalue weighted by Gasteiger charge is 2.12. The maximum Gasteiger partial charge on any atom is 0.330 e. The summed E-state index contributed by atoms with van der Waals surface area (Å²) in [7, 11) is 1.55. The van der Waals surface area contributed by atoms with Gasteiger partial charge in [0, 0.05) is 27.5 Å². The van der Waals surface area contributed by atoms with E-state index in [0.717, 1.165) is 63.0 Å². The van der Waals surface area contributed by atoms with E-state index in [9.17, 15) is 19.2 Å². The van der Waals surface area contributed by atoms with E-state index in [1.807, 2.05) is 31.2 Å². The van der Waals surface area contributed by atoms with Crippen molar-refractivity contribution in [3.8, 4) is 17.2 Å². The fourth-order valence-corrected chi connectivity index (χ4v) is 5.66. The molecular formula is C38H40O9S2. The minimum Gasteiger partial charge on any atom is -0.494 e. The van der Waals surface area contributed by atoms with Crippen LogP contribution >= 0.6 is 23.5 Å². The number of esters is 2. The summed E-state index contributed by atoms with van der Waals surface area (Å²) in [4.78, 5) is 49.4. The molecule has 0 fully saturated rings. The summed E-state index contributed by atoms with van der Waals surface area (Å²) in [6.07, 6.45) is 8.24. The zero-order chi connectivity index (χ0) is 35.4. The van der Waals surface area contributed by atoms with Crippen LogP contribution in [0.2, 0.25) is 0 Å². The Morgan fingerprint density at radius 3 is 1.96 bits per heavy atom. The van der Waals surface area contributed by atoms with Gasteiger partial charge in [-0.15, -0.1) is 0 Å². The first-order chi connectivity index (χ1) is 23.7. The van der Waals surface area contributed by atoms with Crippen molar-refractivity contribution in [3.63, 3.8) is 0 Å². The average Bonchev–Trinajstić information content (AvgIpc) is 3.11. The normalized spacial score (nSPS) is 10.7. The molecule has 3 aromatic carbocycles. The van der Waals surface area contributed by atoms with Gasteiger partial charge in [-0.2, -0.15) is 0 Å². The van der Waals surface area contributed by atoms with Gasteiger partial charge >= 0.3 is 11.9 Å². The highest BCUT2D eigenvalue weighted by Crippen LogP contribution is 2.32. The third-order valence-corrected chi connectivity index (χ3v) is 8.61. The van der Waals surface area contributed by atoms with Gasteiger partial charge in [0.1, 0.15) is 5.75 Å². The van der Waals surface area contributed by atoms with Gasteiger partial charge in [0.15, 0.2) is 11.5 Å². The molecule has 0 spiro atoms. The number of benzene rings is 3. The molecule has 49 heavy (non-hydrogen) atoms. The van der Waals surface area contributed by atoms with Gasteiger partial charge in [0.25, 0.3) is 0 Å². The molecule has 0 bridgehead atoms. The Morgan fingerprint density at radius 1 is 0.714 bits per heavy atom. The summed E-state index contributed by atoms with van der Waals surface area (Å²) in [6, 6.07) is 17.9. The minimum absolute atomic E-state index is 0.104. The van der Waals surface area contributed by atoms with Gasteiger partial charge in [-0.25, -0.2) is 9.59 Å². The van der Waals surface area contributed by atoms with Crippen molar-refractivity contribution < 1.29 is 42.9 Å². The summed E-state index contributed by atoms with van der Waals surface area (Å²) in [5.74, 6) is 0.894. The molecule has 11 heteroatoms. The van der Waals surface area contributed by atoms with Gasteiger partial charge in [0.05, 0.1) is 33.5 Å². The lowest BCUT2D eigenvalue weighted by molar-refractivity contribution is -0.138. The van der Waals surface area contributed by atoms with Gasteiger partial charge in [-0.3, -0.25) is 9.59 Å². The van der Waals surface area contributed by atoms with Crippen molar-refractivity contribution in [2.75, 3.05) is 33.5 Å². The van der Waals surface area contributed by atoms with E-state index < -0.39 is 11.9 Å². The Morgan fingerprint density at radius 2 is 1.35 bits per heavy atom. The van der Waals surface area contributed by atoms with E-state index in [4.69, 9.17) is 23.7 Å². The van der Waals surface area contributed by atoms with E-state index in [0.29, 0.717) is 68.5 Å². The third kappa shape index (κ3) is 14.1. The highest BCUT2D eigenvalue weighted by molar-refractivity contribution is 8.14. The van der Waals surface area contributed by atoms with Crippen LogP contribution in [0.25, 0.3) is 6.08 Å². The fraction of sp³-hybridized carbons (Fsp3) is 0.263. The van der Waals surface area contributed by atoms with Gasteiger partial charge in [-0.1, -0.05) is 25.3 Å². The predicted octanol–water partition coefficient (Wildman–Crippen LogP) is 8.04. The summed E-state index contributed by atoms with van der Waals surface area (Å²) in [5.41, 5.74) is 2.21. The number of thioether (sulfide) groups is 2. The van der Waals surface area contributed by atoms with E-state index in [1.165, 1.54) is 6.08 Å². The summed E-state index contributed by atoms with van der Waals surface area (Å²) in [6.45, 7) is 10.1. The SMILES string of the molecule is C=CC(=O)OCCCCOc1ccc(C(=O)Sc2ccc(SC(=O)C=Cc3ccc(OCCCCOC(=O)C=C)c(OC)c3)c(C)c2)cc1. The van der Waals surface area contributed by atoms with Crippen LogP contribution in [0.3, 0.4) is 0 Å². The number of aryl methyl sites for hydroxylation is 1. The molecule has 0 amide bonds. The molecule has 3 aromatic rings. The number of methoxy groups -OCH3 is 1. The highest BCUT2D eigenvalue weighted by atomic mass is 32.2. The van der Waals surface area contributed by atoms with Crippen LogP contribution in [0.4, 0.5) is 0 Å². The maximum absolute atomic E-state index is 12.9.